The van der Waals surface area contributed by atoms with Crippen molar-refractivity contribution in [3.63, 3.8) is 0 Å². The Labute approximate surface area is 123 Å². The van der Waals surface area contributed by atoms with Crippen LogP contribution >= 0.6 is 0 Å². The Morgan fingerprint density at radius 1 is 1.14 bits per heavy atom. The van der Waals surface area contributed by atoms with E-state index >= 15 is 0 Å². The zero-order chi connectivity index (χ0) is 15.1. The number of benzene rings is 2. The summed E-state index contributed by atoms with van der Waals surface area (Å²) in [5.74, 6) is -0.143. The van der Waals surface area contributed by atoms with Crippen molar-refractivity contribution < 1.29 is 9.90 Å². The third-order valence-electron chi connectivity index (χ3n) is 3.13. The fourth-order valence-electron chi connectivity index (χ4n) is 2.11. The van der Waals surface area contributed by atoms with Crippen LogP contribution in [0.4, 0.5) is 5.69 Å². The lowest BCUT2D eigenvalue weighted by Gasteiger charge is -2.09. The quantitative estimate of drug-likeness (QED) is 0.883. The van der Waals surface area contributed by atoms with Crippen LogP contribution in [0.1, 0.15) is 16.7 Å². The van der Waals surface area contributed by atoms with Gasteiger partial charge in [-0.1, -0.05) is 36.4 Å². The second kappa shape index (κ2) is 7.22. The number of nitrogens with one attached hydrogen (secondary N) is 1. The van der Waals surface area contributed by atoms with Crippen LogP contribution in [0.2, 0.25) is 0 Å². The van der Waals surface area contributed by atoms with E-state index in [-0.39, 0.29) is 18.9 Å². The Hall–Kier alpha value is -2.64. The summed E-state index contributed by atoms with van der Waals surface area (Å²) < 4.78 is 0. The van der Waals surface area contributed by atoms with Crippen molar-refractivity contribution >= 4 is 11.6 Å². The van der Waals surface area contributed by atoms with E-state index in [1.165, 1.54) is 0 Å². The lowest BCUT2D eigenvalue weighted by atomic mass is 10.0. The van der Waals surface area contributed by atoms with Crippen LogP contribution in [0, 0.1) is 11.3 Å². The smallest absolute Gasteiger partial charge is 0.228 e. The molecule has 0 saturated heterocycles. The van der Waals surface area contributed by atoms with Crippen molar-refractivity contribution in [2.75, 3.05) is 5.32 Å². The molecule has 0 aliphatic rings. The molecule has 106 valence electrons. The number of nitrogens with zero attached hydrogens (tertiary/aromatic N) is 1. The molecule has 4 nitrogen and oxygen atoms in total. The van der Waals surface area contributed by atoms with E-state index in [0.717, 1.165) is 16.7 Å². The number of anilines is 1. The standard InChI is InChI=1S/C17H16N2O2/c18-9-8-14-5-1-2-6-15(14)11-17(21)19-16-7-3-4-13(10-16)12-20/h1-7,10,20H,8,11-12H2,(H,19,21). The minimum atomic E-state index is -0.143. The number of hydrogen-bond donors (Lipinski definition) is 2. The maximum absolute atomic E-state index is 12.1. The first-order valence-electron chi connectivity index (χ1n) is 6.66. The van der Waals surface area contributed by atoms with Crippen LogP contribution in [0.5, 0.6) is 0 Å². The summed E-state index contributed by atoms with van der Waals surface area (Å²) in [5, 5.41) is 20.7. The second-order valence-corrected chi connectivity index (χ2v) is 4.69. The largest absolute Gasteiger partial charge is 0.392 e. The fraction of sp³-hybridized carbons (Fsp3) is 0.176. The molecule has 4 heteroatoms. The van der Waals surface area contributed by atoms with Gasteiger partial charge in [0.05, 0.1) is 25.5 Å². The minimum Gasteiger partial charge on any atom is -0.392 e. The van der Waals surface area contributed by atoms with Crippen LogP contribution in [0.3, 0.4) is 0 Å². The van der Waals surface area contributed by atoms with E-state index in [2.05, 4.69) is 11.4 Å². The summed E-state index contributed by atoms with van der Waals surface area (Å²) >= 11 is 0. The summed E-state index contributed by atoms with van der Waals surface area (Å²) in [5.41, 5.74) is 3.14. The Morgan fingerprint density at radius 2 is 1.90 bits per heavy atom. The zero-order valence-electron chi connectivity index (χ0n) is 11.5. The van der Waals surface area contributed by atoms with Crippen LogP contribution in [-0.2, 0) is 24.2 Å². The van der Waals surface area contributed by atoms with Gasteiger partial charge in [0, 0.05) is 5.69 Å². The average Bonchev–Trinajstić information content (AvgIpc) is 2.49. The molecule has 0 spiro atoms. The molecule has 0 fully saturated rings. The molecule has 2 N–H and O–H groups in total. The van der Waals surface area contributed by atoms with E-state index in [4.69, 9.17) is 10.4 Å². The number of rotatable bonds is 5. The van der Waals surface area contributed by atoms with Crippen LogP contribution < -0.4 is 5.32 Å². The van der Waals surface area contributed by atoms with Crippen LogP contribution in [-0.4, -0.2) is 11.0 Å². The molecule has 21 heavy (non-hydrogen) atoms. The molecule has 0 radical (unpaired) electrons. The van der Waals surface area contributed by atoms with E-state index in [0.29, 0.717) is 12.1 Å². The predicted octanol–water partition coefficient (Wildman–Crippen LogP) is 2.43. The van der Waals surface area contributed by atoms with Gasteiger partial charge in [-0.05, 0) is 28.8 Å². The SMILES string of the molecule is N#CCc1ccccc1CC(=O)Nc1cccc(CO)c1. The van der Waals surface area contributed by atoms with Crippen molar-refractivity contribution in [1.29, 1.82) is 5.26 Å². The Kier molecular flexibility index (Phi) is 5.08. The first-order valence-corrected chi connectivity index (χ1v) is 6.66. The van der Waals surface area contributed by atoms with Gasteiger partial charge in [0.25, 0.3) is 0 Å². The lowest BCUT2D eigenvalue weighted by molar-refractivity contribution is -0.115. The molecular formula is C17H16N2O2. The van der Waals surface area contributed by atoms with E-state index < -0.39 is 0 Å². The van der Waals surface area contributed by atoms with Gasteiger partial charge in [0.1, 0.15) is 0 Å². The molecule has 0 unspecified atom stereocenters. The Bertz CT molecular complexity index is 674. The van der Waals surface area contributed by atoms with Crippen LogP contribution in [0.25, 0.3) is 0 Å². The Balaban J connectivity index is 2.06. The maximum Gasteiger partial charge on any atom is 0.228 e. The van der Waals surface area contributed by atoms with E-state index in [1.54, 1.807) is 24.3 Å². The van der Waals surface area contributed by atoms with Crippen molar-refractivity contribution in [2.45, 2.75) is 19.4 Å². The molecule has 2 rings (SSSR count). The molecule has 2 aromatic rings. The number of aliphatic hydroxyl groups is 1. The van der Waals surface area contributed by atoms with Crippen molar-refractivity contribution in [1.82, 2.24) is 0 Å². The predicted molar refractivity (Wildman–Crippen MR) is 80.5 cm³/mol. The van der Waals surface area contributed by atoms with Crippen molar-refractivity contribution in [3.05, 3.63) is 65.2 Å². The summed E-state index contributed by atoms with van der Waals surface area (Å²) in [6, 6.07) is 16.6. The van der Waals surface area contributed by atoms with Crippen LogP contribution in [0.15, 0.2) is 48.5 Å². The summed E-state index contributed by atoms with van der Waals surface area (Å²) in [7, 11) is 0. The first-order chi connectivity index (χ1) is 10.2. The monoisotopic (exact) mass is 280 g/mol. The fourth-order valence-corrected chi connectivity index (χ4v) is 2.11. The number of hydrogen-bond acceptors (Lipinski definition) is 3. The van der Waals surface area contributed by atoms with E-state index in [1.807, 2.05) is 24.3 Å². The molecule has 0 aliphatic carbocycles. The molecule has 2 aromatic carbocycles. The molecule has 0 aliphatic heterocycles. The van der Waals surface area contributed by atoms with Crippen molar-refractivity contribution in [2.24, 2.45) is 0 Å². The first kappa shape index (κ1) is 14.8. The molecular weight excluding hydrogens is 264 g/mol. The highest BCUT2D eigenvalue weighted by molar-refractivity contribution is 5.92. The zero-order valence-corrected chi connectivity index (χ0v) is 11.5. The number of aliphatic hydroxyl groups excluding tert-OH is 1. The molecule has 0 saturated carbocycles. The third kappa shape index (κ3) is 4.16. The molecule has 1 amide bonds. The number of carbonyl (C=O) groups excluding carboxylic acids is 1. The summed E-state index contributed by atoms with van der Waals surface area (Å²) in [6.07, 6.45) is 0.519. The molecule has 0 heterocycles. The normalized spacial score (nSPS) is 9.90. The molecule has 0 aromatic heterocycles. The number of amides is 1. The van der Waals surface area contributed by atoms with Crippen molar-refractivity contribution in [3.8, 4) is 6.07 Å². The van der Waals surface area contributed by atoms with Gasteiger partial charge in [0.2, 0.25) is 5.91 Å². The highest BCUT2D eigenvalue weighted by Crippen LogP contribution is 2.13. The maximum atomic E-state index is 12.1. The van der Waals surface area contributed by atoms with Gasteiger partial charge >= 0.3 is 0 Å². The van der Waals surface area contributed by atoms with Gasteiger partial charge in [-0.2, -0.15) is 5.26 Å². The van der Waals surface area contributed by atoms with Gasteiger partial charge in [-0.25, -0.2) is 0 Å². The Morgan fingerprint density at radius 3 is 2.62 bits per heavy atom. The minimum absolute atomic E-state index is 0.0608. The second-order valence-electron chi connectivity index (χ2n) is 4.69. The molecule has 0 bridgehead atoms. The lowest BCUT2D eigenvalue weighted by Crippen LogP contribution is -2.15. The van der Waals surface area contributed by atoms with Gasteiger partial charge in [-0.3, -0.25) is 4.79 Å². The molecule has 0 atom stereocenters. The highest BCUT2D eigenvalue weighted by Gasteiger charge is 2.08. The average molecular weight is 280 g/mol. The van der Waals surface area contributed by atoms with Gasteiger partial charge in [0.15, 0.2) is 0 Å². The van der Waals surface area contributed by atoms with Gasteiger partial charge in [-0.15, -0.1) is 0 Å². The third-order valence-corrected chi connectivity index (χ3v) is 3.13. The summed E-state index contributed by atoms with van der Waals surface area (Å²) in [4.78, 5) is 12.1. The number of carbonyl (C=O) groups is 1. The topological polar surface area (TPSA) is 73.1 Å². The van der Waals surface area contributed by atoms with Gasteiger partial charge < -0.3 is 10.4 Å². The summed E-state index contributed by atoms with van der Waals surface area (Å²) in [6.45, 7) is -0.0608. The number of nitriles is 1. The van der Waals surface area contributed by atoms with E-state index in [9.17, 15) is 4.79 Å². The highest BCUT2D eigenvalue weighted by atomic mass is 16.3.